The molecule has 18 heteroatoms. The molecule has 2 aromatic heterocycles. The molecular weight excluding hydrogens is 642 g/mol. The van der Waals surface area contributed by atoms with Gasteiger partial charge in [-0.15, -0.1) is 5.10 Å². The number of amides is 5. The summed E-state index contributed by atoms with van der Waals surface area (Å²) < 4.78 is 6.60. The maximum atomic E-state index is 14.5. The summed E-state index contributed by atoms with van der Waals surface area (Å²) in [5.74, 6) is -4.36. The second-order valence-electron chi connectivity index (χ2n) is 13.1. The smallest absolute Gasteiger partial charge is 0.404 e. The highest BCUT2D eigenvalue weighted by atomic mass is 16.4. The van der Waals surface area contributed by atoms with Crippen molar-refractivity contribution in [1.82, 2.24) is 40.8 Å². The van der Waals surface area contributed by atoms with E-state index in [0.29, 0.717) is 18.5 Å². The number of oxazole rings is 1. The van der Waals surface area contributed by atoms with Crippen LogP contribution < -0.4 is 21.7 Å². The van der Waals surface area contributed by atoms with Crippen molar-refractivity contribution in [3.05, 3.63) is 30.2 Å². The number of nitrogens with zero attached hydrogens (tertiary/aromatic N) is 5. The third kappa shape index (κ3) is 9.84. The van der Waals surface area contributed by atoms with Gasteiger partial charge in [0.15, 0.2) is 0 Å². The summed E-state index contributed by atoms with van der Waals surface area (Å²) in [7, 11) is 0. The Balaban J connectivity index is 1.62. The van der Waals surface area contributed by atoms with Gasteiger partial charge < -0.3 is 41.2 Å². The number of carbonyl (C=O) groups is 6. The lowest BCUT2D eigenvalue weighted by molar-refractivity contribution is -0.142. The number of unbranched alkanes of at least 4 members (excludes halogenated alkanes) is 1. The number of likely N-dealkylation sites (tertiary alicyclic amines) is 1. The highest BCUT2D eigenvalue weighted by Gasteiger charge is 2.45. The second kappa shape index (κ2) is 16.5. The number of nitrogens with one attached hydrogen (secondary N) is 3. The van der Waals surface area contributed by atoms with Crippen molar-refractivity contribution >= 4 is 35.5 Å². The molecule has 18 nitrogen and oxygen atoms in total. The Bertz CT molecular complexity index is 1480. The summed E-state index contributed by atoms with van der Waals surface area (Å²) in [5, 5.41) is 35.2. The van der Waals surface area contributed by atoms with Crippen molar-refractivity contribution in [2.24, 2.45) is 11.7 Å². The van der Waals surface area contributed by atoms with Crippen molar-refractivity contribution in [2.45, 2.75) is 108 Å². The topological polar surface area (TPSA) is 265 Å². The fourth-order valence-electron chi connectivity index (χ4n) is 6.55. The fraction of sp³-hybridized carbons (Fsp3) is 0.645. The molecule has 3 heterocycles. The van der Waals surface area contributed by atoms with Crippen LogP contribution in [0.15, 0.2) is 23.1 Å². The Labute approximate surface area is 282 Å². The van der Waals surface area contributed by atoms with E-state index in [2.05, 4.69) is 31.2 Å². The van der Waals surface area contributed by atoms with E-state index >= 15 is 0 Å². The SMILES string of the molecule is CC(C)(O)c1cnnn1[C@H]1C[C@@H](C(=O)NC(CCCCNC(=O)O)C(=O)C(N)=O)N(C(=O)C(CC2CCCCC2)NC(=O)c2ncco2)C1. The van der Waals surface area contributed by atoms with Crippen LogP contribution in [-0.4, -0.2) is 102 Å². The lowest BCUT2D eigenvalue weighted by Crippen LogP contribution is -2.56. The molecule has 2 fully saturated rings. The first-order valence-corrected chi connectivity index (χ1v) is 16.5. The first-order chi connectivity index (χ1) is 23.3. The second-order valence-corrected chi connectivity index (χ2v) is 13.1. The van der Waals surface area contributed by atoms with E-state index in [1.807, 2.05) is 0 Å². The van der Waals surface area contributed by atoms with Crippen LogP contribution in [0.3, 0.4) is 0 Å². The molecule has 0 radical (unpaired) electrons. The molecule has 2 unspecified atom stereocenters. The predicted molar refractivity (Wildman–Crippen MR) is 169 cm³/mol. The van der Waals surface area contributed by atoms with Crippen LogP contribution in [0.25, 0.3) is 0 Å². The van der Waals surface area contributed by atoms with E-state index in [1.54, 1.807) is 13.8 Å². The van der Waals surface area contributed by atoms with Crippen LogP contribution in [0.4, 0.5) is 4.79 Å². The quantitative estimate of drug-likeness (QED) is 0.103. The molecule has 0 spiro atoms. The highest BCUT2D eigenvalue weighted by molar-refractivity contribution is 6.37. The minimum Gasteiger partial charge on any atom is -0.465 e. The first kappa shape index (κ1) is 37.0. The van der Waals surface area contributed by atoms with Gasteiger partial charge in [-0.1, -0.05) is 37.3 Å². The Morgan fingerprint density at radius 1 is 1.08 bits per heavy atom. The molecule has 1 saturated carbocycles. The lowest BCUT2D eigenvalue weighted by atomic mass is 9.84. The molecule has 268 valence electrons. The monoisotopic (exact) mass is 687 g/mol. The Morgan fingerprint density at radius 2 is 1.82 bits per heavy atom. The number of Topliss-reactive ketones (excluding diaryl/α,β-unsaturated/α-hetero) is 1. The fourth-order valence-corrected chi connectivity index (χ4v) is 6.55. The molecule has 2 aromatic rings. The van der Waals surface area contributed by atoms with Crippen LogP contribution in [-0.2, 0) is 24.8 Å². The molecular formula is C31H45N9O9. The molecule has 1 saturated heterocycles. The number of ketones is 1. The van der Waals surface area contributed by atoms with Crippen LogP contribution in [0, 0.1) is 5.92 Å². The van der Waals surface area contributed by atoms with Gasteiger partial charge in [0, 0.05) is 19.5 Å². The minimum absolute atomic E-state index is 0.00780. The number of carbonyl (C=O) groups excluding carboxylic acids is 5. The number of hydrogen-bond donors (Lipinski definition) is 6. The Morgan fingerprint density at radius 3 is 2.45 bits per heavy atom. The van der Waals surface area contributed by atoms with E-state index in [-0.39, 0.29) is 44.2 Å². The van der Waals surface area contributed by atoms with Crippen LogP contribution in [0.1, 0.15) is 100 Å². The zero-order valence-corrected chi connectivity index (χ0v) is 27.7. The lowest BCUT2D eigenvalue weighted by Gasteiger charge is -2.32. The summed E-state index contributed by atoms with van der Waals surface area (Å²) in [5.41, 5.74) is 4.27. The van der Waals surface area contributed by atoms with Crippen molar-refractivity contribution < 1.29 is 43.4 Å². The molecule has 1 aliphatic heterocycles. The summed E-state index contributed by atoms with van der Waals surface area (Å²) in [6.45, 7) is 3.15. The number of hydrogen-bond acceptors (Lipinski definition) is 11. The van der Waals surface area contributed by atoms with E-state index in [9.17, 15) is 33.9 Å². The van der Waals surface area contributed by atoms with Crippen LogP contribution in [0.2, 0.25) is 0 Å². The van der Waals surface area contributed by atoms with Gasteiger partial charge in [0.05, 0.1) is 30.2 Å². The maximum absolute atomic E-state index is 14.5. The Hall–Kier alpha value is -4.87. The van der Waals surface area contributed by atoms with E-state index < -0.39 is 65.3 Å². The average molecular weight is 688 g/mol. The van der Waals surface area contributed by atoms with E-state index in [0.717, 1.165) is 32.1 Å². The van der Waals surface area contributed by atoms with Gasteiger partial charge in [-0.05, 0) is 45.4 Å². The van der Waals surface area contributed by atoms with Crippen molar-refractivity contribution in [3.63, 3.8) is 0 Å². The molecule has 5 amide bonds. The number of primary amides is 1. The predicted octanol–water partition coefficient (Wildman–Crippen LogP) is 0.382. The summed E-state index contributed by atoms with van der Waals surface area (Å²) in [4.78, 5) is 82.1. The van der Waals surface area contributed by atoms with Crippen molar-refractivity contribution in [1.29, 1.82) is 0 Å². The summed E-state index contributed by atoms with van der Waals surface area (Å²) >= 11 is 0. The van der Waals surface area contributed by atoms with Gasteiger partial charge >= 0.3 is 12.0 Å². The zero-order chi connectivity index (χ0) is 35.7. The van der Waals surface area contributed by atoms with Crippen molar-refractivity contribution in [3.8, 4) is 0 Å². The van der Waals surface area contributed by atoms with Gasteiger partial charge in [0.1, 0.15) is 23.9 Å². The summed E-state index contributed by atoms with van der Waals surface area (Å²) in [6.07, 6.45) is 8.43. The van der Waals surface area contributed by atoms with E-state index in [4.69, 9.17) is 15.3 Å². The Kier molecular flexibility index (Phi) is 12.4. The van der Waals surface area contributed by atoms with Gasteiger partial charge in [0.25, 0.3) is 11.8 Å². The normalized spacial score (nSPS) is 19.5. The van der Waals surface area contributed by atoms with E-state index in [1.165, 1.54) is 28.2 Å². The number of aromatic nitrogens is 4. The zero-order valence-electron chi connectivity index (χ0n) is 27.7. The maximum Gasteiger partial charge on any atom is 0.404 e. The van der Waals surface area contributed by atoms with Gasteiger partial charge in [-0.25, -0.2) is 14.5 Å². The molecule has 4 rings (SSSR count). The number of aliphatic hydroxyl groups is 1. The molecule has 0 aromatic carbocycles. The molecule has 1 aliphatic carbocycles. The van der Waals surface area contributed by atoms with Crippen molar-refractivity contribution in [2.75, 3.05) is 13.1 Å². The number of carboxylic acid groups (broad SMARTS) is 1. The molecule has 0 bridgehead atoms. The number of nitrogens with two attached hydrogens (primary N) is 1. The van der Waals surface area contributed by atoms with Gasteiger partial charge in [0.2, 0.25) is 17.6 Å². The average Bonchev–Trinajstić information content (AvgIpc) is 3.84. The minimum atomic E-state index is -1.36. The van der Waals surface area contributed by atoms with Gasteiger partial charge in [-0.2, -0.15) is 0 Å². The highest BCUT2D eigenvalue weighted by Crippen LogP contribution is 2.33. The third-order valence-electron chi connectivity index (χ3n) is 9.01. The van der Waals surface area contributed by atoms with Crippen LogP contribution in [0.5, 0.6) is 0 Å². The molecule has 4 atom stereocenters. The van der Waals surface area contributed by atoms with Crippen LogP contribution >= 0.6 is 0 Å². The molecule has 2 aliphatic rings. The first-order valence-electron chi connectivity index (χ1n) is 16.5. The number of rotatable bonds is 16. The van der Waals surface area contributed by atoms with Gasteiger partial charge in [-0.3, -0.25) is 24.0 Å². The standard InChI is InChI=1S/C31H45N9O9/c1-31(2,48)23-16-35-38-40(23)19-15-22(26(43)36-20(24(41)25(32)42)10-6-7-11-34-30(46)47)39(17-19)29(45)21(14-18-8-4-3-5-9-18)37-27(44)28-33-12-13-49-28/h12-13,16,18-22,34,48H,3-11,14-15,17H2,1-2H3,(H2,32,42)(H,36,43)(H,37,44)(H,46,47)/t19-,20?,21?,22-/m0/s1. The largest absolute Gasteiger partial charge is 0.465 e. The molecule has 7 N–H and O–H groups in total. The molecule has 49 heavy (non-hydrogen) atoms. The third-order valence-corrected chi connectivity index (χ3v) is 9.01. The summed E-state index contributed by atoms with van der Waals surface area (Å²) in [6, 6.07) is -4.19.